The molecule has 116 valence electrons. The van der Waals surface area contributed by atoms with Crippen LogP contribution in [0.5, 0.6) is 0 Å². The Morgan fingerprint density at radius 3 is 2.00 bits per heavy atom. The van der Waals surface area contributed by atoms with E-state index in [1.807, 2.05) is 0 Å². The molecule has 0 N–H and O–H groups in total. The number of ether oxygens (including phenoxy) is 4. The van der Waals surface area contributed by atoms with Crippen LogP contribution in [0.1, 0.15) is 44.9 Å². The molecule has 4 heteroatoms. The van der Waals surface area contributed by atoms with E-state index in [9.17, 15) is 0 Å². The molecule has 0 radical (unpaired) electrons. The molecule has 3 aliphatic carbocycles. The molecular weight excluding hydrogens is 256 g/mol. The molecule has 3 fully saturated rings. The van der Waals surface area contributed by atoms with Gasteiger partial charge in [0.2, 0.25) is 0 Å². The number of methoxy groups -OCH3 is 1. The van der Waals surface area contributed by atoms with Crippen LogP contribution >= 0.6 is 0 Å². The Hall–Kier alpha value is -0.160. The fraction of sp³-hybridized carbons (Fsp3) is 1.00. The summed E-state index contributed by atoms with van der Waals surface area (Å²) < 4.78 is 22.6. The van der Waals surface area contributed by atoms with Crippen LogP contribution in [-0.2, 0) is 18.9 Å². The third-order valence-electron chi connectivity index (χ3n) is 4.99. The van der Waals surface area contributed by atoms with E-state index in [0.29, 0.717) is 30.3 Å². The van der Waals surface area contributed by atoms with Gasteiger partial charge in [-0.2, -0.15) is 0 Å². The van der Waals surface area contributed by atoms with Crippen LogP contribution in [0.2, 0.25) is 0 Å². The van der Waals surface area contributed by atoms with Crippen molar-refractivity contribution in [3.05, 3.63) is 0 Å². The van der Waals surface area contributed by atoms with E-state index in [2.05, 4.69) is 0 Å². The lowest BCUT2D eigenvalue weighted by Gasteiger charge is -2.39. The Bertz CT molecular complexity index is 280. The summed E-state index contributed by atoms with van der Waals surface area (Å²) in [6.07, 6.45) is 10.1. The largest absolute Gasteiger partial charge is 0.381 e. The molecule has 0 spiro atoms. The Morgan fingerprint density at radius 1 is 0.750 bits per heavy atom. The number of hydrogen-bond acceptors (Lipinski definition) is 4. The molecule has 0 aromatic heterocycles. The maximum absolute atomic E-state index is 5.88. The highest BCUT2D eigenvalue weighted by Crippen LogP contribution is 2.33. The zero-order valence-electron chi connectivity index (χ0n) is 12.6. The van der Waals surface area contributed by atoms with Crippen LogP contribution in [-0.4, -0.2) is 51.3 Å². The van der Waals surface area contributed by atoms with Gasteiger partial charge in [-0.05, 0) is 50.9 Å². The lowest BCUT2D eigenvalue weighted by Crippen LogP contribution is -2.40. The molecule has 0 heterocycles. The van der Waals surface area contributed by atoms with Crippen molar-refractivity contribution in [1.82, 2.24) is 0 Å². The average Bonchev–Trinajstić information content (AvgIpc) is 2.29. The highest BCUT2D eigenvalue weighted by Gasteiger charge is 2.34. The summed E-state index contributed by atoms with van der Waals surface area (Å²) in [6.45, 7) is 2.43. The number of rotatable bonds is 9. The highest BCUT2D eigenvalue weighted by atomic mass is 16.5. The van der Waals surface area contributed by atoms with Crippen LogP contribution in [0.3, 0.4) is 0 Å². The molecule has 0 unspecified atom stereocenters. The molecular formula is C16H28O4. The van der Waals surface area contributed by atoms with Crippen LogP contribution in [0.4, 0.5) is 0 Å². The molecule has 3 saturated carbocycles. The Balaban J connectivity index is 1.13. The summed E-state index contributed by atoms with van der Waals surface area (Å²) in [5, 5.41) is 0. The van der Waals surface area contributed by atoms with Crippen molar-refractivity contribution in [1.29, 1.82) is 0 Å². The van der Waals surface area contributed by atoms with E-state index in [-0.39, 0.29) is 0 Å². The Morgan fingerprint density at radius 2 is 1.40 bits per heavy atom. The van der Waals surface area contributed by atoms with E-state index in [4.69, 9.17) is 18.9 Å². The van der Waals surface area contributed by atoms with Crippen molar-refractivity contribution < 1.29 is 18.9 Å². The summed E-state index contributed by atoms with van der Waals surface area (Å²) in [6, 6.07) is 0. The molecule has 0 bridgehead atoms. The summed E-state index contributed by atoms with van der Waals surface area (Å²) in [4.78, 5) is 0. The summed E-state index contributed by atoms with van der Waals surface area (Å²) >= 11 is 0. The molecule has 0 saturated heterocycles. The first-order valence-corrected chi connectivity index (χ1v) is 8.21. The maximum Gasteiger partial charge on any atom is 0.0704 e. The third kappa shape index (κ3) is 3.94. The normalized spacial score (nSPS) is 37.0. The van der Waals surface area contributed by atoms with Gasteiger partial charge in [0.25, 0.3) is 0 Å². The fourth-order valence-electron chi connectivity index (χ4n) is 3.03. The second-order valence-electron chi connectivity index (χ2n) is 6.54. The maximum atomic E-state index is 5.88. The van der Waals surface area contributed by atoms with Gasteiger partial charge in [0, 0.05) is 13.7 Å². The molecule has 3 aliphatic rings. The molecule has 0 aromatic carbocycles. The second-order valence-corrected chi connectivity index (χ2v) is 6.54. The standard InChI is InChI=1S/C16H28O4/c1-17-14-9-16(10-14)20-11-12-7-15(8-12)19-6-5-18-13-3-2-4-13/h12-16H,2-11H2,1H3/t12-,14-,15-,16-. The molecule has 3 rings (SSSR count). The van der Waals surface area contributed by atoms with Gasteiger partial charge in [0.05, 0.1) is 37.6 Å². The lowest BCUT2D eigenvalue weighted by molar-refractivity contribution is -0.123. The van der Waals surface area contributed by atoms with Crippen LogP contribution in [0.25, 0.3) is 0 Å². The van der Waals surface area contributed by atoms with E-state index in [0.717, 1.165) is 45.5 Å². The lowest BCUT2D eigenvalue weighted by atomic mass is 9.82. The predicted molar refractivity (Wildman–Crippen MR) is 75.8 cm³/mol. The van der Waals surface area contributed by atoms with Crippen LogP contribution in [0.15, 0.2) is 0 Å². The number of hydrogen-bond donors (Lipinski definition) is 0. The van der Waals surface area contributed by atoms with Gasteiger partial charge in [0.1, 0.15) is 0 Å². The average molecular weight is 284 g/mol. The zero-order valence-corrected chi connectivity index (χ0v) is 12.6. The summed E-state index contributed by atoms with van der Waals surface area (Å²) in [5.74, 6) is 0.703. The minimum atomic E-state index is 0.438. The monoisotopic (exact) mass is 284 g/mol. The minimum absolute atomic E-state index is 0.438. The third-order valence-corrected chi connectivity index (χ3v) is 4.99. The summed E-state index contributed by atoms with van der Waals surface area (Å²) in [5.41, 5.74) is 0. The van der Waals surface area contributed by atoms with Crippen molar-refractivity contribution in [2.75, 3.05) is 26.9 Å². The molecule has 0 amide bonds. The van der Waals surface area contributed by atoms with Crippen molar-refractivity contribution in [2.45, 2.75) is 69.4 Å². The van der Waals surface area contributed by atoms with Crippen LogP contribution in [0, 0.1) is 5.92 Å². The first kappa shape index (κ1) is 14.8. The Kier molecular flexibility index (Phi) is 5.32. The van der Waals surface area contributed by atoms with Crippen molar-refractivity contribution in [3.8, 4) is 0 Å². The SMILES string of the molecule is CO[C@H]1C[C@H](OC[C@H]2C[C@H](OCCOC3CCC3)C2)C1. The smallest absolute Gasteiger partial charge is 0.0704 e. The van der Waals surface area contributed by atoms with Gasteiger partial charge < -0.3 is 18.9 Å². The quantitative estimate of drug-likeness (QED) is 0.610. The van der Waals surface area contributed by atoms with Gasteiger partial charge in [-0.3, -0.25) is 0 Å². The Labute approximate surface area is 122 Å². The highest BCUT2D eigenvalue weighted by molar-refractivity contribution is 4.84. The van der Waals surface area contributed by atoms with Crippen molar-refractivity contribution >= 4 is 0 Å². The van der Waals surface area contributed by atoms with Gasteiger partial charge in [-0.15, -0.1) is 0 Å². The van der Waals surface area contributed by atoms with E-state index >= 15 is 0 Å². The van der Waals surface area contributed by atoms with Gasteiger partial charge >= 0.3 is 0 Å². The predicted octanol–water partition coefficient (Wildman–Crippen LogP) is 2.54. The molecule has 0 aliphatic heterocycles. The van der Waals surface area contributed by atoms with Crippen molar-refractivity contribution in [2.24, 2.45) is 5.92 Å². The van der Waals surface area contributed by atoms with E-state index < -0.39 is 0 Å². The first-order chi connectivity index (χ1) is 9.83. The zero-order chi connectivity index (χ0) is 13.8. The molecule has 4 nitrogen and oxygen atoms in total. The minimum Gasteiger partial charge on any atom is -0.381 e. The first-order valence-electron chi connectivity index (χ1n) is 8.21. The van der Waals surface area contributed by atoms with Crippen molar-refractivity contribution in [3.63, 3.8) is 0 Å². The molecule has 20 heavy (non-hydrogen) atoms. The molecule has 0 atom stereocenters. The van der Waals surface area contributed by atoms with Gasteiger partial charge in [0.15, 0.2) is 0 Å². The van der Waals surface area contributed by atoms with Gasteiger partial charge in [-0.25, -0.2) is 0 Å². The molecule has 0 aromatic rings. The topological polar surface area (TPSA) is 36.9 Å². The fourth-order valence-corrected chi connectivity index (χ4v) is 3.03. The van der Waals surface area contributed by atoms with E-state index in [1.165, 1.54) is 19.3 Å². The summed E-state index contributed by atoms with van der Waals surface area (Å²) in [7, 11) is 1.78. The van der Waals surface area contributed by atoms with Gasteiger partial charge in [-0.1, -0.05) is 0 Å². The second kappa shape index (κ2) is 7.21. The van der Waals surface area contributed by atoms with Crippen LogP contribution < -0.4 is 0 Å². The van der Waals surface area contributed by atoms with E-state index in [1.54, 1.807) is 7.11 Å².